The van der Waals surface area contributed by atoms with E-state index in [9.17, 15) is 0 Å². The van der Waals surface area contributed by atoms with Gasteiger partial charge in [-0.1, -0.05) is 11.6 Å². The van der Waals surface area contributed by atoms with Gasteiger partial charge in [-0.05, 0) is 49.4 Å². The molecule has 3 rings (SSSR count). The highest BCUT2D eigenvalue weighted by atomic mass is 35.5. The Labute approximate surface area is 99.1 Å². The van der Waals surface area contributed by atoms with Gasteiger partial charge in [0.1, 0.15) is 0 Å². The molecule has 1 aliphatic carbocycles. The molecule has 1 aromatic rings. The first-order valence-corrected chi connectivity index (χ1v) is 6.50. The molecule has 0 spiro atoms. The molecule has 0 saturated heterocycles. The van der Waals surface area contributed by atoms with Crippen molar-refractivity contribution >= 4 is 29.2 Å². The van der Waals surface area contributed by atoms with Crippen molar-refractivity contribution in [1.29, 1.82) is 0 Å². The molecular formula is C11H13ClN2S. The summed E-state index contributed by atoms with van der Waals surface area (Å²) in [5.74, 6) is 0. The Morgan fingerprint density at radius 1 is 1.40 bits per heavy atom. The van der Waals surface area contributed by atoms with Crippen LogP contribution in [0.2, 0.25) is 5.02 Å². The third-order valence-corrected chi connectivity index (χ3v) is 4.22. The molecular weight excluding hydrogens is 228 g/mol. The van der Waals surface area contributed by atoms with Crippen LogP contribution in [0.4, 0.5) is 5.69 Å². The van der Waals surface area contributed by atoms with Gasteiger partial charge in [-0.2, -0.15) is 0 Å². The van der Waals surface area contributed by atoms with E-state index in [1.807, 2.05) is 12.1 Å². The number of hydrogen-bond acceptors (Lipinski definition) is 3. The van der Waals surface area contributed by atoms with E-state index in [0.29, 0.717) is 0 Å². The first kappa shape index (κ1) is 9.82. The molecule has 0 atom stereocenters. The molecule has 80 valence electrons. The minimum atomic E-state index is 0.735. The van der Waals surface area contributed by atoms with Crippen LogP contribution in [0.5, 0.6) is 0 Å². The van der Waals surface area contributed by atoms with Crippen LogP contribution in [0.25, 0.3) is 0 Å². The maximum Gasteiger partial charge on any atom is 0.0781 e. The summed E-state index contributed by atoms with van der Waals surface area (Å²) in [7, 11) is 0. The molecule has 0 aromatic heterocycles. The van der Waals surface area contributed by atoms with E-state index in [1.54, 1.807) is 11.9 Å². The van der Waals surface area contributed by atoms with Gasteiger partial charge in [0, 0.05) is 16.0 Å². The van der Waals surface area contributed by atoms with Gasteiger partial charge >= 0.3 is 0 Å². The summed E-state index contributed by atoms with van der Waals surface area (Å²) < 4.78 is 3.35. The smallest absolute Gasteiger partial charge is 0.0781 e. The van der Waals surface area contributed by atoms with E-state index in [1.165, 1.54) is 29.8 Å². The van der Waals surface area contributed by atoms with Crippen molar-refractivity contribution < 1.29 is 0 Å². The summed E-state index contributed by atoms with van der Waals surface area (Å²) in [6, 6.07) is 6.90. The lowest BCUT2D eigenvalue weighted by Gasteiger charge is -2.42. The fourth-order valence-corrected chi connectivity index (χ4v) is 3.17. The van der Waals surface area contributed by atoms with Crippen molar-refractivity contribution in [2.45, 2.75) is 30.2 Å². The second-order valence-corrected chi connectivity index (χ2v) is 5.44. The lowest BCUT2D eigenvalue weighted by molar-refractivity contribution is 0.383. The van der Waals surface area contributed by atoms with Gasteiger partial charge in [-0.3, -0.25) is 0 Å². The Morgan fingerprint density at radius 3 is 3.00 bits per heavy atom. The molecule has 0 unspecified atom stereocenters. The quantitative estimate of drug-likeness (QED) is 0.759. The maximum atomic E-state index is 5.99. The van der Waals surface area contributed by atoms with Gasteiger partial charge in [0.25, 0.3) is 0 Å². The average Bonchev–Trinajstić information content (AvgIpc) is 2.15. The molecule has 1 N–H and O–H groups in total. The normalized spacial score (nSPS) is 21.0. The molecule has 1 aromatic carbocycles. The van der Waals surface area contributed by atoms with Crippen molar-refractivity contribution in [2.24, 2.45) is 0 Å². The zero-order valence-corrected chi connectivity index (χ0v) is 9.94. The number of hydrogen-bond donors (Lipinski definition) is 1. The molecule has 1 heterocycles. The van der Waals surface area contributed by atoms with Gasteiger partial charge in [0.05, 0.1) is 12.4 Å². The molecule has 1 aliphatic heterocycles. The molecule has 1 saturated carbocycles. The number of nitrogens with one attached hydrogen (secondary N) is 1. The lowest BCUT2D eigenvalue weighted by Crippen LogP contribution is -2.46. The van der Waals surface area contributed by atoms with E-state index >= 15 is 0 Å². The van der Waals surface area contributed by atoms with Crippen molar-refractivity contribution in [1.82, 2.24) is 4.72 Å². The van der Waals surface area contributed by atoms with Crippen LogP contribution >= 0.6 is 23.5 Å². The Kier molecular flexibility index (Phi) is 2.54. The molecule has 15 heavy (non-hydrogen) atoms. The largest absolute Gasteiger partial charge is 0.354 e. The number of rotatable bonds is 1. The maximum absolute atomic E-state index is 5.99. The molecule has 2 nitrogen and oxygen atoms in total. The third kappa shape index (κ3) is 1.73. The summed E-state index contributed by atoms with van der Waals surface area (Å²) in [5.41, 5.74) is 1.34. The first-order valence-electron chi connectivity index (χ1n) is 5.30. The summed E-state index contributed by atoms with van der Waals surface area (Å²) in [6.45, 7) is 0.948. The fraction of sp³-hybridized carbons (Fsp3) is 0.455. The minimum absolute atomic E-state index is 0.735. The lowest BCUT2D eigenvalue weighted by atomic mass is 9.91. The van der Waals surface area contributed by atoms with E-state index in [0.717, 1.165) is 17.7 Å². The molecule has 1 fully saturated rings. The van der Waals surface area contributed by atoms with Gasteiger partial charge in [-0.15, -0.1) is 0 Å². The second kappa shape index (κ2) is 3.89. The van der Waals surface area contributed by atoms with Crippen molar-refractivity contribution in [3.8, 4) is 0 Å². The zero-order valence-electron chi connectivity index (χ0n) is 8.37. The summed E-state index contributed by atoms with van der Waals surface area (Å²) >= 11 is 7.67. The van der Waals surface area contributed by atoms with Crippen LogP contribution in [0, 0.1) is 0 Å². The van der Waals surface area contributed by atoms with E-state index in [2.05, 4.69) is 15.7 Å². The Balaban J connectivity index is 1.95. The van der Waals surface area contributed by atoms with E-state index in [4.69, 9.17) is 11.6 Å². The molecule has 2 aliphatic rings. The first-order chi connectivity index (χ1) is 7.34. The third-order valence-electron chi connectivity index (χ3n) is 3.16. The van der Waals surface area contributed by atoms with Crippen molar-refractivity contribution in [2.75, 3.05) is 11.6 Å². The highest BCUT2D eigenvalue weighted by Gasteiger charge is 2.28. The van der Waals surface area contributed by atoms with Crippen LogP contribution in [0.15, 0.2) is 23.1 Å². The average molecular weight is 241 g/mol. The zero-order chi connectivity index (χ0) is 10.3. The summed E-state index contributed by atoms with van der Waals surface area (Å²) in [6.07, 6.45) is 4.03. The van der Waals surface area contributed by atoms with E-state index < -0.39 is 0 Å². The molecule has 0 radical (unpaired) electrons. The van der Waals surface area contributed by atoms with Gasteiger partial charge in [0.2, 0.25) is 0 Å². The Hall–Kier alpha value is -0.380. The predicted octanol–water partition coefficient (Wildman–Crippen LogP) is 3.27. The van der Waals surface area contributed by atoms with Gasteiger partial charge in [0.15, 0.2) is 0 Å². The standard InChI is InChI=1S/C11H13ClN2S/c12-8-4-5-10-11(6-8)15-13-7-14(10)9-2-1-3-9/h4-6,9,13H,1-3,7H2. The van der Waals surface area contributed by atoms with Crippen LogP contribution in [0.3, 0.4) is 0 Å². The Morgan fingerprint density at radius 2 is 2.27 bits per heavy atom. The highest BCUT2D eigenvalue weighted by Crippen LogP contribution is 2.38. The number of halogens is 1. The minimum Gasteiger partial charge on any atom is -0.354 e. The van der Waals surface area contributed by atoms with Crippen LogP contribution in [-0.4, -0.2) is 12.7 Å². The number of anilines is 1. The SMILES string of the molecule is Clc1ccc2c(c1)SNCN2C1CCC1. The monoisotopic (exact) mass is 240 g/mol. The predicted molar refractivity (Wildman–Crippen MR) is 65.4 cm³/mol. The van der Waals surface area contributed by atoms with Gasteiger partial charge in [-0.25, -0.2) is 4.72 Å². The topological polar surface area (TPSA) is 15.3 Å². The molecule has 4 heteroatoms. The number of benzene rings is 1. The van der Waals surface area contributed by atoms with E-state index in [-0.39, 0.29) is 0 Å². The second-order valence-electron chi connectivity index (χ2n) is 4.07. The van der Waals surface area contributed by atoms with Crippen LogP contribution in [0.1, 0.15) is 19.3 Å². The molecule has 0 bridgehead atoms. The molecule has 0 amide bonds. The fourth-order valence-electron chi connectivity index (χ4n) is 2.10. The van der Waals surface area contributed by atoms with Crippen LogP contribution < -0.4 is 9.62 Å². The Bertz CT molecular complexity index is 379. The highest BCUT2D eigenvalue weighted by molar-refractivity contribution is 7.97. The summed E-state index contributed by atoms with van der Waals surface area (Å²) in [4.78, 5) is 3.71. The van der Waals surface area contributed by atoms with Crippen molar-refractivity contribution in [3.63, 3.8) is 0 Å². The van der Waals surface area contributed by atoms with Gasteiger partial charge < -0.3 is 4.90 Å². The number of fused-ring (bicyclic) bond motifs is 1. The van der Waals surface area contributed by atoms with Crippen LogP contribution in [-0.2, 0) is 0 Å². The summed E-state index contributed by atoms with van der Waals surface area (Å²) in [5, 5.41) is 0.818. The number of nitrogens with zero attached hydrogens (tertiary/aromatic N) is 1. The van der Waals surface area contributed by atoms with Crippen molar-refractivity contribution in [3.05, 3.63) is 23.2 Å².